The molecule has 0 bridgehead atoms. The molecule has 5 heteroatoms. The van der Waals surface area contributed by atoms with E-state index >= 15 is 0 Å². The molecule has 2 aromatic rings. The molecule has 0 atom stereocenters. The number of aryl methyl sites for hydroxylation is 1. The molecule has 0 saturated carbocycles. The van der Waals surface area contributed by atoms with Gasteiger partial charge in [0.1, 0.15) is 0 Å². The first-order valence-electron chi connectivity index (χ1n) is 14.2. The molecule has 38 heavy (non-hydrogen) atoms. The molecule has 1 amide bonds. The van der Waals surface area contributed by atoms with Crippen LogP contribution < -0.4 is 0 Å². The molecule has 0 aliphatic carbocycles. The summed E-state index contributed by atoms with van der Waals surface area (Å²) >= 11 is 0. The Morgan fingerprint density at radius 1 is 1.05 bits per heavy atom. The first kappa shape index (κ1) is 29.5. The summed E-state index contributed by atoms with van der Waals surface area (Å²) in [5.41, 5.74) is 3.78. The lowest BCUT2D eigenvalue weighted by molar-refractivity contribution is -0.133. The van der Waals surface area contributed by atoms with Gasteiger partial charge in [0.2, 0.25) is 0 Å². The maximum absolute atomic E-state index is 13.9. The number of hydrogen-bond donors (Lipinski definition) is 0. The molecule has 0 spiro atoms. The minimum atomic E-state index is -0.561. The van der Waals surface area contributed by atoms with Gasteiger partial charge in [-0.1, -0.05) is 63.8 Å². The summed E-state index contributed by atoms with van der Waals surface area (Å²) in [4.78, 5) is 29.9. The first-order chi connectivity index (χ1) is 18.4. The second-order valence-corrected chi connectivity index (χ2v) is 10.8. The van der Waals surface area contributed by atoms with E-state index in [1.807, 2.05) is 36.4 Å². The van der Waals surface area contributed by atoms with E-state index in [9.17, 15) is 9.59 Å². The van der Waals surface area contributed by atoms with Gasteiger partial charge in [-0.15, -0.1) is 0 Å². The molecule has 1 saturated heterocycles. The number of ether oxygens (including phenoxy) is 1. The lowest BCUT2D eigenvalue weighted by Gasteiger charge is -2.39. The molecule has 1 aliphatic heterocycles. The number of likely N-dealkylation sites (tertiary alicyclic amines) is 1. The lowest BCUT2D eigenvalue weighted by atomic mass is 9.99. The smallest absolute Gasteiger partial charge is 0.384 e. The second-order valence-electron chi connectivity index (χ2n) is 10.8. The van der Waals surface area contributed by atoms with Crippen molar-refractivity contribution in [2.45, 2.75) is 78.3 Å². The predicted octanol–water partition coefficient (Wildman–Crippen LogP) is 6.10. The average molecular weight is 517 g/mol. The van der Waals surface area contributed by atoms with Crippen molar-refractivity contribution < 1.29 is 14.3 Å². The summed E-state index contributed by atoms with van der Waals surface area (Å²) < 4.78 is 4.63. The van der Waals surface area contributed by atoms with Gasteiger partial charge in [0, 0.05) is 42.7 Å². The number of esters is 1. The fourth-order valence-electron chi connectivity index (χ4n) is 4.94. The Kier molecular flexibility index (Phi) is 11.9. The van der Waals surface area contributed by atoms with Gasteiger partial charge < -0.3 is 14.5 Å². The summed E-state index contributed by atoms with van der Waals surface area (Å²) in [6, 6.07) is 16.2. The second kappa shape index (κ2) is 15.3. The van der Waals surface area contributed by atoms with Crippen molar-refractivity contribution in [1.82, 2.24) is 9.80 Å². The molecule has 1 fully saturated rings. The molecule has 2 aromatic carbocycles. The number of carbonyl (C=O) groups is 2. The summed E-state index contributed by atoms with van der Waals surface area (Å²) in [7, 11) is 1.32. The fraction of sp³-hybridized carbons (Fsp3) is 0.515. The zero-order chi connectivity index (χ0) is 27.3. The van der Waals surface area contributed by atoms with Crippen LogP contribution in [-0.4, -0.2) is 54.5 Å². The van der Waals surface area contributed by atoms with E-state index in [1.54, 1.807) is 0 Å². The topological polar surface area (TPSA) is 49.9 Å². The minimum absolute atomic E-state index is 0.0804. The number of amides is 1. The average Bonchev–Trinajstić information content (AvgIpc) is 2.94. The van der Waals surface area contributed by atoms with Gasteiger partial charge in [-0.3, -0.25) is 4.79 Å². The van der Waals surface area contributed by atoms with Gasteiger partial charge in [0.05, 0.1) is 7.11 Å². The van der Waals surface area contributed by atoms with E-state index in [-0.39, 0.29) is 11.9 Å². The Morgan fingerprint density at radius 3 is 2.45 bits per heavy atom. The van der Waals surface area contributed by atoms with Crippen LogP contribution in [0.15, 0.2) is 48.5 Å². The van der Waals surface area contributed by atoms with Crippen LogP contribution in [0.5, 0.6) is 0 Å². The van der Waals surface area contributed by atoms with Crippen LogP contribution in [-0.2, 0) is 22.5 Å². The van der Waals surface area contributed by atoms with Crippen molar-refractivity contribution in [2.75, 3.05) is 26.7 Å². The van der Waals surface area contributed by atoms with Crippen molar-refractivity contribution in [3.05, 3.63) is 70.8 Å². The van der Waals surface area contributed by atoms with Gasteiger partial charge >= 0.3 is 5.97 Å². The molecule has 5 nitrogen and oxygen atoms in total. The summed E-state index contributed by atoms with van der Waals surface area (Å²) in [5, 5.41) is 0. The van der Waals surface area contributed by atoms with Gasteiger partial charge in [-0.2, -0.15) is 0 Å². The Hall–Kier alpha value is -3.10. The van der Waals surface area contributed by atoms with E-state index in [0.717, 1.165) is 55.6 Å². The van der Waals surface area contributed by atoms with Crippen LogP contribution >= 0.6 is 0 Å². The van der Waals surface area contributed by atoms with E-state index < -0.39 is 5.97 Å². The van der Waals surface area contributed by atoms with E-state index in [0.29, 0.717) is 12.5 Å². The highest BCUT2D eigenvalue weighted by atomic mass is 16.5. The maximum atomic E-state index is 13.9. The summed E-state index contributed by atoms with van der Waals surface area (Å²) in [5.74, 6) is 5.58. The highest BCUT2D eigenvalue weighted by molar-refractivity contribution is 5.94. The Bertz CT molecular complexity index is 1090. The van der Waals surface area contributed by atoms with Crippen LogP contribution in [0, 0.1) is 17.8 Å². The highest BCUT2D eigenvalue weighted by Crippen LogP contribution is 2.23. The quantitative estimate of drug-likeness (QED) is 0.206. The molecule has 0 unspecified atom stereocenters. The van der Waals surface area contributed by atoms with E-state index in [2.05, 4.69) is 59.3 Å². The Morgan fingerprint density at radius 2 is 1.79 bits per heavy atom. The third-order valence-corrected chi connectivity index (χ3v) is 7.33. The summed E-state index contributed by atoms with van der Waals surface area (Å²) in [6.45, 7) is 10.4. The number of rotatable bonds is 11. The molecular weight excluding hydrogens is 472 g/mol. The zero-order valence-electron chi connectivity index (χ0n) is 23.7. The molecule has 204 valence electrons. The molecule has 1 aliphatic rings. The number of nitrogens with zero attached hydrogens (tertiary/aromatic N) is 2. The van der Waals surface area contributed by atoms with Gasteiger partial charge in [0.15, 0.2) is 0 Å². The van der Waals surface area contributed by atoms with Crippen LogP contribution in [0.25, 0.3) is 0 Å². The van der Waals surface area contributed by atoms with Gasteiger partial charge in [-0.05, 0) is 80.0 Å². The number of hydrogen-bond acceptors (Lipinski definition) is 4. The minimum Gasteiger partial charge on any atom is -0.459 e. The van der Waals surface area contributed by atoms with Crippen LogP contribution in [0.4, 0.5) is 0 Å². The molecule has 0 radical (unpaired) electrons. The van der Waals surface area contributed by atoms with Crippen molar-refractivity contribution in [1.29, 1.82) is 0 Å². The normalized spacial score (nSPS) is 14.1. The third kappa shape index (κ3) is 9.33. The monoisotopic (exact) mass is 516 g/mol. The van der Waals surface area contributed by atoms with Crippen molar-refractivity contribution >= 4 is 11.9 Å². The molecule has 3 rings (SSSR count). The third-order valence-electron chi connectivity index (χ3n) is 7.33. The maximum Gasteiger partial charge on any atom is 0.384 e. The molecule has 0 N–H and O–H groups in total. The number of carbonyl (C=O) groups excluding carboxylic acids is 2. The van der Waals surface area contributed by atoms with Crippen molar-refractivity contribution in [3.8, 4) is 11.8 Å². The number of methoxy groups -OCH3 is 1. The van der Waals surface area contributed by atoms with E-state index in [1.165, 1.54) is 38.4 Å². The number of benzene rings is 2. The van der Waals surface area contributed by atoms with Crippen LogP contribution in [0.1, 0.15) is 86.3 Å². The van der Waals surface area contributed by atoms with Crippen LogP contribution in [0.3, 0.4) is 0 Å². The first-order valence-corrected chi connectivity index (χ1v) is 14.2. The number of piperidine rings is 1. The lowest BCUT2D eigenvalue weighted by Crippen LogP contribution is -2.47. The predicted molar refractivity (Wildman–Crippen MR) is 154 cm³/mol. The largest absolute Gasteiger partial charge is 0.459 e. The zero-order valence-corrected chi connectivity index (χ0v) is 23.7. The molecule has 0 aromatic heterocycles. The van der Waals surface area contributed by atoms with E-state index in [4.69, 9.17) is 0 Å². The molecule has 1 heterocycles. The Balaban J connectivity index is 1.77. The SMILES string of the molecule is CCCCCc1ccc(C(=O)N(Cc2cccc(C#CC(=O)OC)c2)C2CCN(CCC(C)C)CC2)cc1. The van der Waals surface area contributed by atoms with Crippen molar-refractivity contribution in [3.63, 3.8) is 0 Å². The Labute approximate surface area is 229 Å². The molecular formula is C33H44N2O3. The fourth-order valence-corrected chi connectivity index (χ4v) is 4.94. The highest BCUT2D eigenvalue weighted by Gasteiger charge is 2.29. The van der Waals surface area contributed by atoms with Crippen molar-refractivity contribution in [2.24, 2.45) is 5.92 Å². The summed E-state index contributed by atoms with van der Waals surface area (Å²) in [6.07, 6.45) is 7.82. The van der Waals surface area contributed by atoms with Gasteiger partial charge in [0.25, 0.3) is 5.91 Å². The van der Waals surface area contributed by atoms with Crippen LogP contribution in [0.2, 0.25) is 0 Å². The van der Waals surface area contributed by atoms with Gasteiger partial charge in [-0.25, -0.2) is 4.79 Å². The number of unbranched alkanes of at least 4 members (excludes halogenated alkanes) is 2. The standard InChI is InChI=1S/C33H44N2O3/c1-5-6-7-9-27-12-15-30(16-13-27)33(37)35(31-19-22-34(23-20-31)21-18-26(2)3)25-29-11-8-10-28(24-29)14-17-32(36)38-4/h8,10-13,15-16,24,26,31H,5-7,9,18-23,25H2,1-4H3.